The summed E-state index contributed by atoms with van der Waals surface area (Å²) in [6.07, 6.45) is 7.53. The Morgan fingerprint density at radius 3 is 2.71 bits per heavy atom. The number of Topliss-reactive ketones (excluding diaryl/α,β-unsaturated/α-hetero) is 1. The molecule has 0 bridgehead atoms. The summed E-state index contributed by atoms with van der Waals surface area (Å²) in [6.45, 7) is 0. The second-order valence-electron chi connectivity index (χ2n) is 5.85. The standard InChI is InChI=1S/C17H18N4OS2/c1-23-11-8-6-10(7-9-11)15-14-12(4-3-5-13(14)22)18-16-19-17(24-2)20-21(15)16/h4,6-9,14-15H,3,5H2,1-2H3,(H,18,19,20)/t14-,15-/m1/s1. The number of hydrogen-bond donors (Lipinski definition) is 1. The maximum atomic E-state index is 12.7. The van der Waals surface area contributed by atoms with E-state index in [2.05, 4.69) is 52.0 Å². The maximum absolute atomic E-state index is 12.7. The van der Waals surface area contributed by atoms with E-state index in [1.807, 2.05) is 10.9 Å². The molecule has 2 aliphatic rings. The van der Waals surface area contributed by atoms with Crippen molar-refractivity contribution in [3.8, 4) is 0 Å². The van der Waals surface area contributed by atoms with Crippen LogP contribution in [0.4, 0.5) is 5.95 Å². The molecule has 1 aliphatic carbocycles. The highest BCUT2D eigenvalue weighted by Crippen LogP contribution is 2.41. The van der Waals surface area contributed by atoms with Crippen molar-refractivity contribution in [2.75, 3.05) is 17.8 Å². The number of nitrogens with zero attached hydrogens (tertiary/aromatic N) is 3. The lowest BCUT2D eigenvalue weighted by Gasteiger charge is -2.36. The summed E-state index contributed by atoms with van der Waals surface area (Å²) in [5, 5.41) is 8.65. The van der Waals surface area contributed by atoms with Gasteiger partial charge >= 0.3 is 0 Å². The highest BCUT2D eigenvalue weighted by atomic mass is 32.2. The molecule has 2 aromatic rings. The molecular formula is C17H18N4OS2. The summed E-state index contributed by atoms with van der Waals surface area (Å²) >= 11 is 3.22. The third-order valence-corrected chi connectivity index (χ3v) is 5.81. The lowest BCUT2D eigenvalue weighted by atomic mass is 9.81. The van der Waals surface area contributed by atoms with Crippen molar-refractivity contribution in [3.05, 3.63) is 41.6 Å². The normalized spacial score (nSPS) is 22.4. The number of benzene rings is 1. The zero-order valence-corrected chi connectivity index (χ0v) is 15.2. The molecule has 1 aromatic carbocycles. The summed E-state index contributed by atoms with van der Waals surface area (Å²) in [4.78, 5) is 18.4. The van der Waals surface area contributed by atoms with Crippen LogP contribution in [0, 0.1) is 5.92 Å². The van der Waals surface area contributed by atoms with Gasteiger partial charge in [0.15, 0.2) is 0 Å². The van der Waals surface area contributed by atoms with Crippen molar-refractivity contribution in [2.24, 2.45) is 5.92 Å². The first-order valence-electron chi connectivity index (χ1n) is 7.85. The van der Waals surface area contributed by atoms with E-state index in [4.69, 9.17) is 0 Å². The predicted molar refractivity (Wildman–Crippen MR) is 97.6 cm³/mol. The molecule has 1 N–H and O–H groups in total. The minimum atomic E-state index is -0.206. The van der Waals surface area contributed by atoms with Crippen LogP contribution in [0.3, 0.4) is 0 Å². The van der Waals surface area contributed by atoms with Crippen molar-refractivity contribution < 1.29 is 4.79 Å². The van der Waals surface area contributed by atoms with E-state index in [9.17, 15) is 4.79 Å². The van der Waals surface area contributed by atoms with Crippen LogP contribution in [0.5, 0.6) is 0 Å². The monoisotopic (exact) mass is 358 g/mol. The number of thioether (sulfide) groups is 2. The first-order chi connectivity index (χ1) is 11.7. The summed E-state index contributed by atoms with van der Waals surface area (Å²) in [7, 11) is 0. The van der Waals surface area contributed by atoms with Gasteiger partial charge in [-0.25, -0.2) is 4.68 Å². The molecule has 7 heteroatoms. The summed E-state index contributed by atoms with van der Waals surface area (Å²) < 4.78 is 1.88. The predicted octanol–water partition coefficient (Wildman–Crippen LogP) is 3.60. The zero-order valence-electron chi connectivity index (χ0n) is 13.5. The molecule has 1 aliphatic heterocycles. The highest BCUT2D eigenvalue weighted by molar-refractivity contribution is 7.98. The van der Waals surface area contributed by atoms with E-state index in [0.717, 1.165) is 28.8 Å². The first-order valence-corrected chi connectivity index (χ1v) is 10.3. The second kappa shape index (κ2) is 6.29. The molecule has 24 heavy (non-hydrogen) atoms. The van der Waals surface area contributed by atoms with E-state index >= 15 is 0 Å². The van der Waals surface area contributed by atoms with Crippen LogP contribution in [0.2, 0.25) is 0 Å². The topological polar surface area (TPSA) is 59.8 Å². The van der Waals surface area contributed by atoms with Gasteiger partial charge in [0.1, 0.15) is 5.78 Å². The van der Waals surface area contributed by atoms with Gasteiger partial charge in [0.2, 0.25) is 11.1 Å². The van der Waals surface area contributed by atoms with Crippen LogP contribution >= 0.6 is 23.5 Å². The molecule has 0 amide bonds. The molecule has 5 nitrogen and oxygen atoms in total. The van der Waals surface area contributed by atoms with Gasteiger partial charge in [-0.2, -0.15) is 4.98 Å². The fourth-order valence-electron chi connectivity index (χ4n) is 3.38. The minimum Gasteiger partial charge on any atom is -0.328 e. The Balaban J connectivity index is 1.86. The van der Waals surface area contributed by atoms with Crippen LogP contribution in [0.15, 0.2) is 46.1 Å². The van der Waals surface area contributed by atoms with Gasteiger partial charge in [-0.3, -0.25) is 4.79 Å². The molecule has 0 saturated heterocycles. The number of rotatable bonds is 3. The summed E-state index contributed by atoms with van der Waals surface area (Å²) in [5.41, 5.74) is 2.07. The number of aromatic nitrogens is 3. The van der Waals surface area contributed by atoms with Crippen LogP contribution in [0.1, 0.15) is 24.4 Å². The second-order valence-corrected chi connectivity index (χ2v) is 7.50. The number of hydrogen-bond acceptors (Lipinski definition) is 6. The van der Waals surface area contributed by atoms with Gasteiger partial charge in [-0.05, 0) is 36.6 Å². The molecule has 4 rings (SSSR count). The molecular weight excluding hydrogens is 340 g/mol. The number of anilines is 1. The smallest absolute Gasteiger partial charge is 0.227 e. The SMILES string of the molecule is CSc1ccc([C@@H]2[C@H]3C(=O)CCC=C3Nc3nc(SC)nn32)cc1. The number of fused-ring (bicyclic) bond motifs is 2. The van der Waals surface area contributed by atoms with E-state index in [-0.39, 0.29) is 17.7 Å². The first kappa shape index (κ1) is 15.8. The molecule has 0 saturated carbocycles. The molecule has 124 valence electrons. The van der Waals surface area contributed by atoms with E-state index in [1.54, 1.807) is 11.8 Å². The molecule has 2 atom stereocenters. The van der Waals surface area contributed by atoms with Crippen molar-refractivity contribution >= 4 is 35.3 Å². The Morgan fingerprint density at radius 1 is 1.21 bits per heavy atom. The van der Waals surface area contributed by atoms with Crippen LogP contribution in [-0.2, 0) is 4.79 Å². The average molecular weight is 358 g/mol. The average Bonchev–Trinajstić information content (AvgIpc) is 3.03. The number of carbonyl (C=O) groups is 1. The highest BCUT2D eigenvalue weighted by Gasteiger charge is 2.41. The molecule has 1 aromatic heterocycles. The lowest BCUT2D eigenvalue weighted by molar-refractivity contribution is -0.123. The van der Waals surface area contributed by atoms with E-state index in [1.165, 1.54) is 16.7 Å². The Labute approximate surface area is 149 Å². The van der Waals surface area contributed by atoms with Crippen molar-refractivity contribution in [3.63, 3.8) is 0 Å². The Bertz CT molecular complexity index is 812. The van der Waals surface area contributed by atoms with Crippen LogP contribution in [0.25, 0.3) is 0 Å². The van der Waals surface area contributed by atoms with E-state index in [0.29, 0.717) is 6.42 Å². The zero-order chi connectivity index (χ0) is 16.7. The van der Waals surface area contributed by atoms with Gasteiger partial charge in [-0.1, -0.05) is 30.0 Å². The summed E-state index contributed by atoms with van der Waals surface area (Å²) in [5.74, 6) is 0.782. The quantitative estimate of drug-likeness (QED) is 0.846. The number of allylic oxidation sites excluding steroid dienone is 2. The van der Waals surface area contributed by atoms with Gasteiger partial charge in [0.05, 0.1) is 12.0 Å². The number of nitrogens with one attached hydrogen (secondary N) is 1. The maximum Gasteiger partial charge on any atom is 0.227 e. The number of carbonyl (C=O) groups excluding carboxylic acids is 1. The fraction of sp³-hybridized carbons (Fsp3) is 0.353. The molecule has 0 spiro atoms. The molecule has 0 unspecified atom stereocenters. The van der Waals surface area contributed by atoms with Crippen molar-refractivity contribution in [2.45, 2.75) is 28.9 Å². The van der Waals surface area contributed by atoms with Crippen molar-refractivity contribution in [1.82, 2.24) is 14.8 Å². The third kappa shape index (κ3) is 2.56. The molecule has 0 radical (unpaired) electrons. The Hall–Kier alpha value is -1.73. The van der Waals surface area contributed by atoms with Crippen molar-refractivity contribution in [1.29, 1.82) is 0 Å². The largest absolute Gasteiger partial charge is 0.328 e. The van der Waals surface area contributed by atoms with E-state index < -0.39 is 0 Å². The van der Waals surface area contributed by atoms with Gasteiger partial charge in [0.25, 0.3) is 0 Å². The third-order valence-electron chi connectivity index (χ3n) is 4.52. The fourth-order valence-corrected chi connectivity index (χ4v) is 4.13. The van der Waals surface area contributed by atoms with Gasteiger partial charge in [0, 0.05) is 17.0 Å². The minimum absolute atomic E-state index is 0.135. The van der Waals surface area contributed by atoms with Crippen LogP contribution < -0.4 is 5.32 Å². The molecule has 2 heterocycles. The van der Waals surface area contributed by atoms with Gasteiger partial charge in [-0.15, -0.1) is 16.9 Å². The van der Waals surface area contributed by atoms with Crippen LogP contribution in [-0.4, -0.2) is 33.1 Å². The lowest BCUT2D eigenvalue weighted by Crippen LogP contribution is -2.38. The summed E-state index contributed by atoms with van der Waals surface area (Å²) in [6, 6.07) is 8.27. The Kier molecular flexibility index (Phi) is 4.14. The Morgan fingerprint density at radius 2 is 2.00 bits per heavy atom. The molecule has 0 fully saturated rings. The van der Waals surface area contributed by atoms with Gasteiger partial charge < -0.3 is 5.32 Å². The number of ketones is 1.